The van der Waals surface area contributed by atoms with Gasteiger partial charge in [0.05, 0.1) is 25.4 Å². The molecule has 1 aliphatic heterocycles. The van der Waals surface area contributed by atoms with E-state index in [4.69, 9.17) is 9.84 Å². The number of hydrogen-bond donors (Lipinski definition) is 1. The fourth-order valence-electron chi connectivity index (χ4n) is 2.19. The lowest BCUT2D eigenvalue weighted by molar-refractivity contribution is -0.0669. The number of aryl methyl sites for hydroxylation is 1. The number of morpholine rings is 1. The summed E-state index contributed by atoms with van der Waals surface area (Å²) in [5.74, 6) is -0.000139. The number of carbonyl (C=O) groups excluding carboxylic acids is 1. The van der Waals surface area contributed by atoms with Crippen molar-refractivity contribution in [2.24, 2.45) is 7.05 Å². The molecule has 100 valence electrons. The second-order valence-electron chi connectivity index (χ2n) is 4.86. The summed E-state index contributed by atoms with van der Waals surface area (Å²) in [5, 5.41) is 9.14. The molecular formula is C13H20N2O3. The lowest BCUT2D eigenvalue weighted by atomic mass is 10.2. The summed E-state index contributed by atoms with van der Waals surface area (Å²) < 4.78 is 7.33. The monoisotopic (exact) mass is 252 g/mol. The van der Waals surface area contributed by atoms with Crippen molar-refractivity contribution in [3.8, 4) is 0 Å². The van der Waals surface area contributed by atoms with Gasteiger partial charge < -0.3 is 19.3 Å². The van der Waals surface area contributed by atoms with Crippen LogP contribution in [0.3, 0.4) is 0 Å². The third-order valence-electron chi connectivity index (χ3n) is 3.56. The van der Waals surface area contributed by atoms with Crippen molar-refractivity contribution in [3.05, 3.63) is 23.5 Å². The first-order valence-corrected chi connectivity index (χ1v) is 6.20. The van der Waals surface area contributed by atoms with Crippen LogP contribution in [0.5, 0.6) is 0 Å². The van der Waals surface area contributed by atoms with E-state index in [0.717, 1.165) is 5.69 Å². The summed E-state index contributed by atoms with van der Waals surface area (Å²) >= 11 is 0. The molecule has 5 heteroatoms. The average Bonchev–Trinajstić information content (AvgIpc) is 2.70. The predicted molar refractivity (Wildman–Crippen MR) is 67.5 cm³/mol. The summed E-state index contributed by atoms with van der Waals surface area (Å²) in [6, 6.07) is 3.81. The highest BCUT2D eigenvalue weighted by molar-refractivity contribution is 5.93. The van der Waals surface area contributed by atoms with Crippen LogP contribution in [-0.4, -0.2) is 52.4 Å². The van der Waals surface area contributed by atoms with Gasteiger partial charge >= 0.3 is 0 Å². The zero-order valence-corrected chi connectivity index (χ0v) is 11.1. The van der Waals surface area contributed by atoms with Gasteiger partial charge in [-0.15, -0.1) is 0 Å². The molecule has 1 saturated heterocycles. The van der Waals surface area contributed by atoms with Gasteiger partial charge in [-0.1, -0.05) is 0 Å². The Bertz CT molecular complexity index is 441. The number of aliphatic hydroxyl groups is 1. The molecule has 0 unspecified atom stereocenters. The third-order valence-corrected chi connectivity index (χ3v) is 3.56. The molecule has 1 aromatic heterocycles. The molecule has 2 heterocycles. The van der Waals surface area contributed by atoms with Crippen LogP contribution in [0.2, 0.25) is 0 Å². The molecule has 18 heavy (non-hydrogen) atoms. The van der Waals surface area contributed by atoms with Crippen molar-refractivity contribution >= 4 is 5.91 Å². The van der Waals surface area contributed by atoms with Crippen LogP contribution in [0, 0.1) is 6.92 Å². The SMILES string of the molecule is Cc1ccc(C(=O)N2C[C@H](CO)OC[C@@H]2C)n1C. The number of amides is 1. The Morgan fingerprint density at radius 1 is 1.56 bits per heavy atom. The number of aliphatic hydroxyl groups excluding tert-OH is 1. The van der Waals surface area contributed by atoms with Crippen molar-refractivity contribution in [3.63, 3.8) is 0 Å². The smallest absolute Gasteiger partial charge is 0.270 e. The molecule has 0 radical (unpaired) electrons. The van der Waals surface area contributed by atoms with Crippen molar-refractivity contribution in [1.82, 2.24) is 9.47 Å². The van der Waals surface area contributed by atoms with Gasteiger partial charge in [-0.05, 0) is 26.0 Å². The highest BCUT2D eigenvalue weighted by atomic mass is 16.5. The van der Waals surface area contributed by atoms with E-state index in [9.17, 15) is 4.79 Å². The molecular weight excluding hydrogens is 232 g/mol. The third kappa shape index (κ3) is 2.28. The average molecular weight is 252 g/mol. The number of rotatable bonds is 2. The molecule has 1 aliphatic rings. The van der Waals surface area contributed by atoms with Crippen LogP contribution in [0.25, 0.3) is 0 Å². The molecule has 5 nitrogen and oxygen atoms in total. The molecule has 0 aliphatic carbocycles. The molecule has 2 rings (SSSR count). The summed E-state index contributed by atoms with van der Waals surface area (Å²) in [4.78, 5) is 14.3. The largest absolute Gasteiger partial charge is 0.394 e. The van der Waals surface area contributed by atoms with Crippen LogP contribution in [-0.2, 0) is 11.8 Å². The molecule has 0 aromatic carbocycles. The van der Waals surface area contributed by atoms with Gasteiger partial charge in [0.1, 0.15) is 5.69 Å². The molecule has 0 spiro atoms. The van der Waals surface area contributed by atoms with E-state index in [0.29, 0.717) is 18.8 Å². The lowest BCUT2D eigenvalue weighted by Crippen LogP contribution is -2.52. The van der Waals surface area contributed by atoms with Crippen LogP contribution < -0.4 is 0 Å². The summed E-state index contributed by atoms with van der Waals surface area (Å²) in [7, 11) is 1.89. The number of aromatic nitrogens is 1. The van der Waals surface area contributed by atoms with Gasteiger partial charge in [-0.3, -0.25) is 4.79 Å². The highest BCUT2D eigenvalue weighted by Crippen LogP contribution is 2.16. The van der Waals surface area contributed by atoms with E-state index in [1.54, 1.807) is 4.90 Å². The Labute approximate surface area is 107 Å². The summed E-state index contributed by atoms with van der Waals surface area (Å²) in [6.07, 6.45) is -0.272. The van der Waals surface area contributed by atoms with Crippen LogP contribution in [0.1, 0.15) is 23.1 Å². The first-order chi connectivity index (χ1) is 8.54. The maximum atomic E-state index is 12.5. The van der Waals surface area contributed by atoms with Crippen LogP contribution in [0.4, 0.5) is 0 Å². The number of ether oxygens (including phenoxy) is 1. The highest BCUT2D eigenvalue weighted by Gasteiger charge is 2.30. The van der Waals surface area contributed by atoms with Crippen LogP contribution in [0.15, 0.2) is 12.1 Å². The molecule has 1 amide bonds. The van der Waals surface area contributed by atoms with Gasteiger partial charge in [0.15, 0.2) is 0 Å². The first-order valence-electron chi connectivity index (χ1n) is 6.20. The Morgan fingerprint density at radius 3 is 2.83 bits per heavy atom. The van der Waals surface area contributed by atoms with E-state index in [-0.39, 0.29) is 24.7 Å². The van der Waals surface area contributed by atoms with Crippen molar-refractivity contribution < 1.29 is 14.6 Å². The Hall–Kier alpha value is -1.33. The Balaban J connectivity index is 2.19. The van der Waals surface area contributed by atoms with Crippen LogP contribution >= 0.6 is 0 Å². The molecule has 2 atom stereocenters. The lowest BCUT2D eigenvalue weighted by Gasteiger charge is -2.37. The predicted octanol–water partition coefficient (Wildman–Crippen LogP) is 0.555. The minimum atomic E-state index is -0.272. The van der Waals surface area contributed by atoms with Gasteiger partial charge in [0, 0.05) is 19.3 Å². The van der Waals surface area contributed by atoms with Gasteiger partial charge in [-0.25, -0.2) is 0 Å². The fourth-order valence-corrected chi connectivity index (χ4v) is 2.19. The Morgan fingerprint density at radius 2 is 2.28 bits per heavy atom. The maximum absolute atomic E-state index is 12.5. The minimum absolute atomic E-state index is 0.000139. The van der Waals surface area contributed by atoms with Gasteiger partial charge in [0.2, 0.25) is 0 Å². The quantitative estimate of drug-likeness (QED) is 0.836. The summed E-state index contributed by atoms with van der Waals surface area (Å²) in [5.41, 5.74) is 1.73. The standard InChI is InChI=1S/C13H20N2O3/c1-9-4-5-12(14(9)3)13(17)15-6-11(7-16)18-8-10(15)2/h4-5,10-11,16H,6-8H2,1-3H3/t10-,11+/m0/s1. The second kappa shape index (κ2) is 5.12. The topological polar surface area (TPSA) is 54.7 Å². The minimum Gasteiger partial charge on any atom is -0.394 e. The van der Waals surface area contributed by atoms with E-state index in [2.05, 4.69) is 0 Å². The Kier molecular flexibility index (Phi) is 3.73. The van der Waals surface area contributed by atoms with E-state index in [1.165, 1.54) is 0 Å². The van der Waals surface area contributed by atoms with Crippen molar-refractivity contribution in [2.75, 3.05) is 19.8 Å². The normalized spacial score (nSPS) is 24.3. The molecule has 0 saturated carbocycles. The summed E-state index contributed by atoms with van der Waals surface area (Å²) in [6.45, 7) is 4.79. The van der Waals surface area contributed by atoms with E-state index in [1.807, 2.05) is 37.6 Å². The molecule has 1 fully saturated rings. The van der Waals surface area contributed by atoms with E-state index >= 15 is 0 Å². The second-order valence-corrected chi connectivity index (χ2v) is 4.86. The van der Waals surface area contributed by atoms with Crippen molar-refractivity contribution in [1.29, 1.82) is 0 Å². The first kappa shape index (κ1) is 13.1. The fraction of sp³-hybridized carbons (Fsp3) is 0.615. The molecule has 1 aromatic rings. The van der Waals surface area contributed by atoms with Crippen molar-refractivity contribution in [2.45, 2.75) is 26.0 Å². The zero-order chi connectivity index (χ0) is 13.3. The molecule has 0 bridgehead atoms. The maximum Gasteiger partial charge on any atom is 0.270 e. The van der Waals surface area contributed by atoms with E-state index < -0.39 is 0 Å². The molecule has 1 N–H and O–H groups in total. The number of carbonyl (C=O) groups is 1. The van der Waals surface area contributed by atoms with Gasteiger partial charge in [0.25, 0.3) is 5.91 Å². The number of nitrogens with zero attached hydrogens (tertiary/aromatic N) is 2. The van der Waals surface area contributed by atoms with Gasteiger partial charge in [-0.2, -0.15) is 0 Å². The zero-order valence-electron chi connectivity index (χ0n) is 11.1. The number of hydrogen-bond acceptors (Lipinski definition) is 3.